The van der Waals surface area contributed by atoms with Crippen molar-refractivity contribution in [3.05, 3.63) is 11.1 Å². The first-order valence-corrected chi connectivity index (χ1v) is 4.98. The molecule has 2 bridgehead atoms. The molecule has 1 heteroatoms. The van der Waals surface area contributed by atoms with Gasteiger partial charge < -0.3 is 0 Å². The van der Waals surface area contributed by atoms with Crippen LogP contribution in [0.25, 0.3) is 0 Å². The Kier molecular flexibility index (Phi) is 1.82. The summed E-state index contributed by atoms with van der Waals surface area (Å²) in [7, 11) is 0. The van der Waals surface area contributed by atoms with Gasteiger partial charge in [-0.2, -0.15) is 0 Å². The van der Waals surface area contributed by atoms with E-state index in [9.17, 15) is 4.79 Å². The first kappa shape index (κ1) is 8.03. The molecule has 66 valence electrons. The van der Waals surface area contributed by atoms with Crippen LogP contribution < -0.4 is 0 Å². The van der Waals surface area contributed by atoms with E-state index in [1.807, 2.05) is 0 Å². The average Bonchev–Trinajstić information content (AvgIpc) is 2.63. The van der Waals surface area contributed by atoms with Crippen molar-refractivity contribution in [2.75, 3.05) is 0 Å². The fourth-order valence-corrected chi connectivity index (χ4v) is 2.65. The molecule has 2 atom stereocenters. The van der Waals surface area contributed by atoms with Crippen LogP contribution in [0.1, 0.15) is 39.5 Å². The molecule has 0 aromatic heterocycles. The minimum atomic E-state index is 0.409. The predicted octanol–water partition coefficient (Wildman–Crippen LogP) is 2.71. The lowest BCUT2D eigenvalue weighted by atomic mass is 9.89. The Morgan fingerprint density at radius 1 is 1.42 bits per heavy atom. The molecule has 0 amide bonds. The summed E-state index contributed by atoms with van der Waals surface area (Å²) in [6.45, 7) is 4.26. The van der Waals surface area contributed by atoms with Crippen LogP contribution in [0.2, 0.25) is 0 Å². The zero-order chi connectivity index (χ0) is 8.72. The molecular formula is C11H16O. The molecule has 0 aromatic carbocycles. The van der Waals surface area contributed by atoms with E-state index < -0.39 is 0 Å². The summed E-state index contributed by atoms with van der Waals surface area (Å²) in [4.78, 5) is 11.7. The number of rotatable bonds is 1. The summed E-state index contributed by atoms with van der Waals surface area (Å²) < 4.78 is 0. The summed E-state index contributed by atoms with van der Waals surface area (Å²) >= 11 is 0. The van der Waals surface area contributed by atoms with Gasteiger partial charge in [-0.25, -0.2) is 0 Å². The fraction of sp³-hybridized carbons (Fsp3) is 0.727. The van der Waals surface area contributed by atoms with E-state index in [1.54, 1.807) is 0 Å². The zero-order valence-electron chi connectivity index (χ0n) is 7.89. The van der Waals surface area contributed by atoms with Crippen molar-refractivity contribution < 1.29 is 4.79 Å². The number of carbonyl (C=O) groups excluding carboxylic acids is 1. The van der Waals surface area contributed by atoms with Gasteiger partial charge in [0.05, 0.1) is 0 Å². The molecule has 0 spiro atoms. The maximum Gasteiger partial charge on any atom is 0.162 e. The number of carbonyl (C=O) groups is 1. The quantitative estimate of drug-likeness (QED) is 0.544. The third kappa shape index (κ3) is 0.954. The first-order chi connectivity index (χ1) is 5.74. The average molecular weight is 164 g/mol. The van der Waals surface area contributed by atoms with Crippen LogP contribution in [-0.4, -0.2) is 5.78 Å². The highest BCUT2D eigenvalue weighted by Gasteiger charge is 2.43. The molecular weight excluding hydrogens is 148 g/mol. The van der Waals surface area contributed by atoms with Crippen LogP contribution in [0.3, 0.4) is 0 Å². The molecule has 2 saturated carbocycles. The topological polar surface area (TPSA) is 17.1 Å². The van der Waals surface area contributed by atoms with Gasteiger partial charge in [-0.15, -0.1) is 0 Å². The Morgan fingerprint density at radius 2 is 2.08 bits per heavy atom. The lowest BCUT2D eigenvalue weighted by Crippen LogP contribution is -2.13. The first-order valence-electron chi connectivity index (χ1n) is 4.98. The number of Topliss-reactive ketones (excluding diaryl/α,β-unsaturated/α-hetero) is 1. The van der Waals surface area contributed by atoms with Gasteiger partial charge in [0.1, 0.15) is 0 Å². The highest BCUT2D eigenvalue weighted by Crippen LogP contribution is 2.46. The summed E-state index contributed by atoms with van der Waals surface area (Å²) in [5.74, 6) is 1.53. The van der Waals surface area contributed by atoms with Gasteiger partial charge >= 0.3 is 0 Å². The molecule has 2 aliphatic carbocycles. The van der Waals surface area contributed by atoms with Crippen LogP contribution in [0, 0.1) is 11.8 Å². The number of fused-ring (bicyclic) bond motifs is 2. The lowest BCUT2D eigenvalue weighted by molar-refractivity contribution is -0.118. The van der Waals surface area contributed by atoms with E-state index >= 15 is 0 Å². The van der Waals surface area contributed by atoms with Crippen molar-refractivity contribution in [2.45, 2.75) is 39.5 Å². The van der Waals surface area contributed by atoms with Crippen LogP contribution >= 0.6 is 0 Å². The monoisotopic (exact) mass is 164 g/mol. The Hall–Kier alpha value is -0.590. The van der Waals surface area contributed by atoms with Gasteiger partial charge in [0, 0.05) is 5.92 Å². The summed E-state index contributed by atoms with van der Waals surface area (Å²) in [6, 6.07) is 0. The standard InChI is InChI=1S/C11H16O/c1-3-7(2)10-8-4-5-9(6-8)11(10)12/h8-9H,3-6H2,1-2H3/b10-7-. The van der Waals surface area contributed by atoms with Crippen LogP contribution in [-0.2, 0) is 4.79 Å². The van der Waals surface area contributed by atoms with E-state index in [4.69, 9.17) is 0 Å². The number of ketones is 1. The second-order valence-electron chi connectivity index (χ2n) is 4.12. The van der Waals surface area contributed by atoms with E-state index in [0.29, 0.717) is 17.6 Å². The summed E-state index contributed by atoms with van der Waals surface area (Å²) in [6.07, 6.45) is 4.63. The minimum absolute atomic E-state index is 0.409. The van der Waals surface area contributed by atoms with Gasteiger partial charge in [-0.05, 0) is 44.1 Å². The van der Waals surface area contributed by atoms with E-state index in [2.05, 4.69) is 13.8 Å². The molecule has 0 saturated heterocycles. The molecule has 2 unspecified atom stereocenters. The third-order valence-corrected chi connectivity index (χ3v) is 3.47. The molecule has 0 aromatic rings. The smallest absolute Gasteiger partial charge is 0.162 e. The SMILES string of the molecule is CC/C(C)=C1\C(=O)C2CCC1C2. The van der Waals surface area contributed by atoms with Gasteiger partial charge in [0.2, 0.25) is 0 Å². The van der Waals surface area contributed by atoms with Crippen LogP contribution in [0.15, 0.2) is 11.1 Å². The van der Waals surface area contributed by atoms with Crippen LogP contribution in [0.5, 0.6) is 0 Å². The summed E-state index contributed by atoms with van der Waals surface area (Å²) in [5, 5.41) is 0. The van der Waals surface area contributed by atoms with Crippen molar-refractivity contribution in [3.8, 4) is 0 Å². The minimum Gasteiger partial charge on any atom is -0.294 e. The lowest BCUT2D eigenvalue weighted by Gasteiger charge is -2.14. The van der Waals surface area contributed by atoms with E-state index in [-0.39, 0.29) is 0 Å². The number of hydrogen-bond acceptors (Lipinski definition) is 1. The second kappa shape index (κ2) is 2.72. The van der Waals surface area contributed by atoms with Crippen molar-refractivity contribution in [1.29, 1.82) is 0 Å². The van der Waals surface area contributed by atoms with Crippen molar-refractivity contribution >= 4 is 5.78 Å². The molecule has 2 fully saturated rings. The third-order valence-electron chi connectivity index (χ3n) is 3.47. The molecule has 0 radical (unpaired) electrons. The van der Waals surface area contributed by atoms with Crippen LogP contribution in [0.4, 0.5) is 0 Å². The molecule has 1 nitrogen and oxygen atoms in total. The maximum absolute atomic E-state index is 11.7. The normalized spacial score (nSPS) is 37.7. The number of allylic oxidation sites excluding steroid dienone is 2. The molecule has 2 aliphatic rings. The van der Waals surface area contributed by atoms with E-state index in [0.717, 1.165) is 19.3 Å². The van der Waals surface area contributed by atoms with Crippen molar-refractivity contribution in [2.24, 2.45) is 11.8 Å². The summed E-state index contributed by atoms with van der Waals surface area (Å²) in [5.41, 5.74) is 2.54. The van der Waals surface area contributed by atoms with Gasteiger partial charge in [0.25, 0.3) is 0 Å². The van der Waals surface area contributed by atoms with Crippen molar-refractivity contribution in [1.82, 2.24) is 0 Å². The Morgan fingerprint density at radius 3 is 2.58 bits per heavy atom. The van der Waals surface area contributed by atoms with Gasteiger partial charge in [0.15, 0.2) is 5.78 Å². The Balaban J connectivity index is 2.34. The molecule has 12 heavy (non-hydrogen) atoms. The van der Waals surface area contributed by atoms with Crippen molar-refractivity contribution in [3.63, 3.8) is 0 Å². The highest BCUT2D eigenvalue weighted by molar-refractivity contribution is 6.01. The van der Waals surface area contributed by atoms with Gasteiger partial charge in [-0.3, -0.25) is 4.79 Å². The largest absolute Gasteiger partial charge is 0.294 e. The molecule has 0 heterocycles. The maximum atomic E-state index is 11.7. The van der Waals surface area contributed by atoms with Gasteiger partial charge in [-0.1, -0.05) is 12.5 Å². The second-order valence-corrected chi connectivity index (χ2v) is 4.12. The molecule has 0 N–H and O–H groups in total. The molecule has 0 aliphatic heterocycles. The highest BCUT2D eigenvalue weighted by atomic mass is 16.1. The zero-order valence-corrected chi connectivity index (χ0v) is 7.89. The Labute approximate surface area is 73.8 Å². The molecule has 2 rings (SSSR count). The van der Waals surface area contributed by atoms with E-state index in [1.165, 1.54) is 17.6 Å². The number of hydrogen-bond donors (Lipinski definition) is 0. The fourth-order valence-electron chi connectivity index (χ4n) is 2.65. The Bertz CT molecular complexity index is 250. The predicted molar refractivity (Wildman–Crippen MR) is 48.8 cm³/mol.